The van der Waals surface area contributed by atoms with Crippen molar-refractivity contribution in [3.05, 3.63) is 71.8 Å². The van der Waals surface area contributed by atoms with Gasteiger partial charge in [-0.05, 0) is 31.2 Å². The minimum atomic E-state index is -2.13. The molecule has 1 aliphatic rings. The molecule has 4 atom stereocenters. The molecule has 3 rings (SSSR count). The first kappa shape index (κ1) is 24.3. The van der Waals surface area contributed by atoms with E-state index in [0.29, 0.717) is 11.1 Å². The fourth-order valence-electron chi connectivity index (χ4n) is 3.01. The Morgan fingerprint density at radius 1 is 0.875 bits per heavy atom. The fourth-order valence-corrected chi connectivity index (χ4v) is 3.15. The molecule has 1 saturated heterocycles. The second kappa shape index (κ2) is 10.5. The highest BCUT2D eigenvalue weighted by molar-refractivity contribution is 6.76. The molecule has 2 aromatic carbocycles. The van der Waals surface area contributed by atoms with E-state index >= 15 is 0 Å². The number of hydrogen-bond donors (Lipinski definition) is 1. The summed E-state index contributed by atoms with van der Waals surface area (Å²) in [5.74, 6) is -1.89. The lowest BCUT2D eigenvalue weighted by Crippen LogP contribution is -2.51. The number of hydrogen-bond acceptors (Lipinski definition) is 7. The van der Waals surface area contributed by atoms with Gasteiger partial charge in [0.05, 0.1) is 17.2 Å². The summed E-state index contributed by atoms with van der Waals surface area (Å²) < 4.78 is 20.1. The van der Waals surface area contributed by atoms with Crippen molar-refractivity contribution in [1.29, 1.82) is 5.41 Å². The van der Waals surface area contributed by atoms with Gasteiger partial charge in [-0.25, -0.2) is 9.59 Å². The monoisotopic (exact) mass is 499 g/mol. The lowest BCUT2D eigenvalue weighted by molar-refractivity contribution is -0.234. The highest BCUT2D eigenvalue weighted by Crippen LogP contribution is 2.32. The molecule has 0 aromatic heterocycles. The number of carbonyl (C=O) groups excluding carboxylic acids is 2. The molecule has 0 saturated carbocycles. The highest BCUT2D eigenvalue weighted by atomic mass is 35.6. The Balaban J connectivity index is 1.77. The predicted octanol–water partition coefficient (Wildman–Crippen LogP) is 4.94. The van der Waals surface area contributed by atoms with Crippen LogP contribution in [0.15, 0.2) is 60.7 Å². The van der Waals surface area contributed by atoms with Crippen LogP contribution in [0.2, 0.25) is 0 Å². The van der Waals surface area contributed by atoms with Crippen LogP contribution in [0.4, 0.5) is 0 Å². The summed E-state index contributed by atoms with van der Waals surface area (Å²) in [7, 11) is 0. The van der Waals surface area contributed by atoms with Gasteiger partial charge < -0.3 is 18.9 Å². The molecule has 0 bridgehead atoms. The summed E-state index contributed by atoms with van der Waals surface area (Å²) in [6.07, 6.45) is -3.64. The maximum atomic E-state index is 12.6. The zero-order chi connectivity index (χ0) is 23.3. The molecular weight excluding hydrogens is 481 g/mol. The summed E-state index contributed by atoms with van der Waals surface area (Å²) in [5, 5.41) is 7.83. The van der Waals surface area contributed by atoms with Crippen LogP contribution in [0, 0.1) is 5.41 Å². The molecule has 170 valence electrons. The van der Waals surface area contributed by atoms with E-state index in [1.54, 1.807) is 67.6 Å². The van der Waals surface area contributed by atoms with Gasteiger partial charge in [-0.3, -0.25) is 5.41 Å². The minimum absolute atomic E-state index is 0.0517. The lowest BCUT2D eigenvalue weighted by Gasteiger charge is -2.39. The fraction of sp³-hybridized carbons (Fsp3) is 0.318. The van der Waals surface area contributed by atoms with Gasteiger partial charge in [0, 0.05) is 6.42 Å². The van der Waals surface area contributed by atoms with Gasteiger partial charge in [0.1, 0.15) is 6.10 Å². The van der Waals surface area contributed by atoms with Gasteiger partial charge in [0.25, 0.3) is 3.79 Å². The van der Waals surface area contributed by atoms with Crippen molar-refractivity contribution in [2.75, 3.05) is 0 Å². The van der Waals surface area contributed by atoms with E-state index in [4.69, 9.17) is 59.2 Å². The smallest absolute Gasteiger partial charge is 0.338 e. The maximum Gasteiger partial charge on any atom is 0.338 e. The molecule has 1 N–H and O–H groups in total. The zero-order valence-electron chi connectivity index (χ0n) is 16.9. The Labute approximate surface area is 200 Å². The average molecular weight is 501 g/mol. The summed E-state index contributed by atoms with van der Waals surface area (Å²) in [4.78, 5) is 25.1. The number of ether oxygens (including phenoxy) is 4. The van der Waals surface area contributed by atoms with Gasteiger partial charge in [-0.15, -0.1) is 0 Å². The molecule has 1 aliphatic heterocycles. The highest BCUT2D eigenvalue weighted by Gasteiger charge is 2.44. The molecule has 4 unspecified atom stereocenters. The largest absolute Gasteiger partial charge is 0.456 e. The van der Waals surface area contributed by atoms with E-state index in [1.165, 1.54) is 0 Å². The second-order valence-electron chi connectivity index (χ2n) is 7.01. The van der Waals surface area contributed by atoms with Crippen LogP contribution in [-0.2, 0) is 18.9 Å². The summed E-state index contributed by atoms with van der Waals surface area (Å²) in [6, 6.07) is 16.8. The SMILES string of the molecule is CC1OC(OC(=N)C(Cl)(Cl)Cl)C(OC(=O)c2ccccc2)CC1OC(=O)c1ccccc1. The van der Waals surface area contributed by atoms with E-state index in [2.05, 4.69) is 0 Å². The first-order chi connectivity index (χ1) is 15.1. The van der Waals surface area contributed by atoms with Crippen molar-refractivity contribution in [3.63, 3.8) is 0 Å². The Bertz CT molecular complexity index is 951. The van der Waals surface area contributed by atoms with E-state index in [9.17, 15) is 9.59 Å². The van der Waals surface area contributed by atoms with Crippen molar-refractivity contribution in [3.8, 4) is 0 Å². The van der Waals surface area contributed by atoms with Gasteiger partial charge in [0.15, 0.2) is 6.10 Å². The normalized spacial score (nSPS) is 23.1. The Kier molecular flexibility index (Phi) is 8.00. The molecule has 0 amide bonds. The maximum absolute atomic E-state index is 12.6. The van der Waals surface area contributed by atoms with Crippen LogP contribution in [-0.4, -0.2) is 46.2 Å². The first-order valence-electron chi connectivity index (χ1n) is 9.65. The van der Waals surface area contributed by atoms with Crippen molar-refractivity contribution >= 4 is 52.6 Å². The van der Waals surface area contributed by atoms with E-state index in [-0.39, 0.29) is 6.42 Å². The number of nitrogens with one attached hydrogen (secondary N) is 1. The Hall–Kier alpha value is -2.32. The lowest BCUT2D eigenvalue weighted by atomic mass is 10.0. The molecule has 1 fully saturated rings. The summed E-state index contributed by atoms with van der Waals surface area (Å²) in [5.41, 5.74) is 0.674. The molecular formula is C22H20Cl3NO6. The molecule has 0 radical (unpaired) electrons. The molecule has 0 aliphatic carbocycles. The van der Waals surface area contributed by atoms with Crippen LogP contribution >= 0.6 is 34.8 Å². The molecule has 32 heavy (non-hydrogen) atoms. The number of benzene rings is 2. The first-order valence-corrected chi connectivity index (χ1v) is 10.8. The number of carbonyl (C=O) groups is 2. The number of esters is 2. The third-order valence-electron chi connectivity index (χ3n) is 4.67. The van der Waals surface area contributed by atoms with Crippen molar-refractivity contribution < 1.29 is 28.5 Å². The van der Waals surface area contributed by atoms with Crippen molar-refractivity contribution in [2.24, 2.45) is 0 Å². The van der Waals surface area contributed by atoms with Gasteiger partial charge >= 0.3 is 11.9 Å². The molecule has 10 heteroatoms. The topological polar surface area (TPSA) is 94.9 Å². The second-order valence-corrected chi connectivity index (χ2v) is 9.29. The molecule has 1 heterocycles. The number of rotatable bonds is 5. The van der Waals surface area contributed by atoms with Crippen LogP contribution in [0.1, 0.15) is 34.1 Å². The van der Waals surface area contributed by atoms with Crippen molar-refractivity contribution in [2.45, 2.75) is 41.7 Å². The predicted molar refractivity (Wildman–Crippen MR) is 119 cm³/mol. The van der Waals surface area contributed by atoms with Gasteiger partial charge in [-0.1, -0.05) is 71.2 Å². The Morgan fingerprint density at radius 3 is 1.81 bits per heavy atom. The van der Waals surface area contributed by atoms with E-state index < -0.39 is 46.2 Å². The number of alkyl halides is 3. The zero-order valence-corrected chi connectivity index (χ0v) is 19.1. The Morgan fingerprint density at radius 2 is 1.34 bits per heavy atom. The quantitative estimate of drug-likeness (QED) is 0.270. The molecule has 2 aromatic rings. The minimum Gasteiger partial charge on any atom is -0.456 e. The summed E-state index contributed by atoms with van der Waals surface area (Å²) >= 11 is 17.1. The van der Waals surface area contributed by atoms with Crippen LogP contribution in [0.25, 0.3) is 0 Å². The van der Waals surface area contributed by atoms with Crippen LogP contribution in [0.3, 0.4) is 0 Å². The standard InChI is InChI=1S/C22H20Cl3NO6/c1-13-16(30-18(27)14-8-4-2-5-9-14)12-17(20(29-13)32-21(26)22(23,24)25)31-19(28)15-10-6-3-7-11-15/h2-11,13,16-17,20,26H,12H2,1H3. The summed E-state index contributed by atoms with van der Waals surface area (Å²) in [6.45, 7) is 1.66. The average Bonchev–Trinajstić information content (AvgIpc) is 2.77. The van der Waals surface area contributed by atoms with E-state index in [0.717, 1.165) is 0 Å². The molecule has 0 spiro atoms. The third-order valence-corrected chi connectivity index (χ3v) is 5.18. The van der Waals surface area contributed by atoms with Gasteiger partial charge in [-0.2, -0.15) is 0 Å². The van der Waals surface area contributed by atoms with Crippen LogP contribution in [0.5, 0.6) is 0 Å². The third kappa shape index (κ3) is 6.36. The van der Waals surface area contributed by atoms with E-state index in [1.807, 2.05) is 0 Å². The molecule has 7 nitrogen and oxygen atoms in total. The number of halogens is 3. The van der Waals surface area contributed by atoms with Crippen molar-refractivity contribution in [1.82, 2.24) is 0 Å². The van der Waals surface area contributed by atoms with Gasteiger partial charge in [0.2, 0.25) is 12.2 Å². The van der Waals surface area contributed by atoms with Crippen LogP contribution < -0.4 is 0 Å².